The third-order valence-corrected chi connectivity index (χ3v) is 9.13. The van der Waals surface area contributed by atoms with Gasteiger partial charge in [0.05, 0.1) is 27.6 Å². The van der Waals surface area contributed by atoms with Gasteiger partial charge in [0.25, 0.3) is 20.0 Å². The molecule has 0 radical (unpaired) electrons. The molecule has 4 rings (SSSR count). The molecule has 1 amide bonds. The standard InChI is InChI=1S/C27H26ClN5O6S2/c1-18-15-19(2)30-27(29-18)32-40(35,36)22-12-9-20(10-13-22)31-26(34)17-33(21-11-14-25(39-3)24(28)16-21)41(37,38)23-7-5-4-6-8-23/h4-16H,17H2,1-3H3,(H,31,34)(H,29,30,32). The van der Waals surface area contributed by atoms with Crippen molar-refractivity contribution in [3.63, 3.8) is 0 Å². The molecule has 0 atom stereocenters. The molecule has 1 aromatic heterocycles. The summed E-state index contributed by atoms with van der Waals surface area (Å²) in [5.74, 6) is -0.391. The van der Waals surface area contributed by atoms with Crippen molar-refractivity contribution < 1.29 is 26.4 Å². The largest absolute Gasteiger partial charge is 0.495 e. The number of hydrogen-bond acceptors (Lipinski definition) is 8. The van der Waals surface area contributed by atoms with E-state index < -0.39 is 32.5 Å². The van der Waals surface area contributed by atoms with Crippen LogP contribution in [0.2, 0.25) is 5.02 Å². The SMILES string of the molecule is COc1ccc(N(CC(=O)Nc2ccc(S(=O)(=O)Nc3nc(C)cc(C)n3)cc2)S(=O)(=O)c2ccccc2)cc1Cl. The van der Waals surface area contributed by atoms with Crippen LogP contribution >= 0.6 is 11.6 Å². The van der Waals surface area contributed by atoms with Crippen molar-refractivity contribution in [2.75, 3.05) is 28.0 Å². The number of carbonyl (C=O) groups excluding carboxylic acids is 1. The molecular formula is C27H26ClN5O6S2. The molecule has 4 aromatic rings. The molecule has 0 unspecified atom stereocenters. The molecule has 0 saturated heterocycles. The Labute approximate surface area is 243 Å². The topological polar surface area (TPSA) is 148 Å². The van der Waals surface area contributed by atoms with Gasteiger partial charge in [0.15, 0.2) is 0 Å². The highest BCUT2D eigenvalue weighted by Crippen LogP contribution is 2.32. The highest BCUT2D eigenvalue weighted by molar-refractivity contribution is 7.93. The van der Waals surface area contributed by atoms with E-state index in [1.54, 1.807) is 38.1 Å². The Balaban J connectivity index is 1.55. The van der Waals surface area contributed by atoms with Crippen LogP contribution in [0.5, 0.6) is 5.75 Å². The highest BCUT2D eigenvalue weighted by Gasteiger charge is 2.28. The lowest BCUT2D eigenvalue weighted by atomic mass is 10.3. The average molecular weight is 616 g/mol. The lowest BCUT2D eigenvalue weighted by Crippen LogP contribution is -2.38. The quantitative estimate of drug-likeness (QED) is 0.267. The molecule has 214 valence electrons. The van der Waals surface area contributed by atoms with Crippen LogP contribution in [0, 0.1) is 13.8 Å². The molecule has 0 aliphatic rings. The lowest BCUT2D eigenvalue weighted by Gasteiger charge is -2.24. The number of nitrogens with one attached hydrogen (secondary N) is 2. The van der Waals surface area contributed by atoms with Crippen LogP contribution in [0.4, 0.5) is 17.3 Å². The van der Waals surface area contributed by atoms with Gasteiger partial charge in [0, 0.05) is 17.1 Å². The van der Waals surface area contributed by atoms with Gasteiger partial charge < -0.3 is 10.1 Å². The van der Waals surface area contributed by atoms with Crippen LogP contribution in [-0.4, -0.2) is 46.4 Å². The van der Waals surface area contributed by atoms with E-state index in [9.17, 15) is 21.6 Å². The van der Waals surface area contributed by atoms with Crippen molar-refractivity contribution >= 4 is 54.9 Å². The van der Waals surface area contributed by atoms with E-state index in [4.69, 9.17) is 16.3 Å². The molecule has 0 bridgehead atoms. The first-order chi connectivity index (χ1) is 19.4. The minimum atomic E-state index is -4.17. The molecule has 0 aliphatic carbocycles. The minimum Gasteiger partial charge on any atom is -0.495 e. The summed E-state index contributed by atoms with van der Waals surface area (Å²) in [4.78, 5) is 21.1. The summed E-state index contributed by atoms with van der Waals surface area (Å²) in [6.45, 7) is 2.85. The molecule has 3 aromatic carbocycles. The molecule has 0 saturated carbocycles. The van der Waals surface area contributed by atoms with Gasteiger partial charge in [0.1, 0.15) is 12.3 Å². The third kappa shape index (κ3) is 7.12. The third-order valence-electron chi connectivity index (χ3n) is 5.70. The number of nitrogens with zero attached hydrogens (tertiary/aromatic N) is 3. The van der Waals surface area contributed by atoms with Crippen LogP contribution in [0.25, 0.3) is 0 Å². The zero-order chi connectivity index (χ0) is 29.8. The maximum absolute atomic E-state index is 13.5. The Morgan fingerprint density at radius 2 is 1.51 bits per heavy atom. The fourth-order valence-electron chi connectivity index (χ4n) is 3.84. The number of halogens is 1. The average Bonchev–Trinajstić information content (AvgIpc) is 2.91. The number of benzene rings is 3. The molecule has 1 heterocycles. The van der Waals surface area contributed by atoms with Gasteiger partial charge in [-0.05, 0) is 74.5 Å². The van der Waals surface area contributed by atoms with E-state index in [0.29, 0.717) is 17.1 Å². The predicted molar refractivity (Wildman–Crippen MR) is 156 cm³/mol. The van der Waals surface area contributed by atoms with Crippen molar-refractivity contribution in [1.29, 1.82) is 0 Å². The van der Waals surface area contributed by atoms with E-state index >= 15 is 0 Å². The maximum Gasteiger partial charge on any atom is 0.264 e. The fraction of sp³-hybridized carbons (Fsp3) is 0.148. The van der Waals surface area contributed by atoms with Gasteiger partial charge in [-0.3, -0.25) is 9.10 Å². The van der Waals surface area contributed by atoms with E-state index in [1.807, 2.05) is 0 Å². The minimum absolute atomic E-state index is 0.0189. The zero-order valence-electron chi connectivity index (χ0n) is 22.2. The summed E-state index contributed by atoms with van der Waals surface area (Å²) >= 11 is 6.24. The molecular weight excluding hydrogens is 590 g/mol. The monoisotopic (exact) mass is 615 g/mol. The van der Waals surface area contributed by atoms with Crippen LogP contribution in [0.3, 0.4) is 0 Å². The summed E-state index contributed by atoms with van der Waals surface area (Å²) in [5.41, 5.74) is 1.61. The Bertz CT molecular complexity index is 1760. The van der Waals surface area contributed by atoms with Crippen molar-refractivity contribution in [3.05, 3.63) is 95.3 Å². The number of aryl methyl sites for hydroxylation is 2. The normalized spacial score (nSPS) is 11.5. The molecule has 41 heavy (non-hydrogen) atoms. The number of anilines is 3. The second-order valence-electron chi connectivity index (χ2n) is 8.80. The van der Waals surface area contributed by atoms with Crippen molar-refractivity contribution in [2.45, 2.75) is 23.6 Å². The number of ether oxygens (including phenoxy) is 1. The van der Waals surface area contributed by atoms with E-state index in [1.165, 1.54) is 61.7 Å². The van der Waals surface area contributed by atoms with Gasteiger partial charge in [-0.1, -0.05) is 29.8 Å². The van der Waals surface area contributed by atoms with Gasteiger partial charge in [-0.2, -0.15) is 0 Å². The van der Waals surface area contributed by atoms with Crippen LogP contribution in [0.1, 0.15) is 11.4 Å². The Kier molecular flexibility index (Phi) is 8.80. The first-order valence-electron chi connectivity index (χ1n) is 12.1. The molecule has 0 spiro atoms. The number of methoxy groups -OCH3 is 1. The van der Waals surface area contributed by atoms with Gasteiger partial charge >= 0.3 is 0 Å². The molecule has 2 N–H and O–H groups in total. The second kappa shape index (κ2) is 12.1. The Morgan fingerprint density at radius 3 is 2.10 bits per heavy atom. The van der Waals surface area contributed by atoms with Crippen LogP contribution in [0.15, 0.2) is 88.7 Å². The summed E-state index contributed by atoms with van der Waals surface area (Å²) in [5, 5.41) is 2.77. The van der Waals surface area contributed by atoms with Crippen molar-refractivity contribution in [2.24, 2.45) is 0 Å². The number of amides is 1. The van der Waals surface area contributed by atoms with Crippen LogP contribution < -0.4 is 19.1 Å². The fourth-order valence-corrected chi connectivity index (χ4v) is 6.47. The van der Waals surface area contributed by atoms with E-state index in [0.717, 1.165) is 4.31 Å². The molecule has 0 aliphatic heterocycles. The molecule has 11 nitrogen and oxygen atoms in total. The predicted octanol–water partition coefficient (Wildman–Crippen LogP) is 4.39. The van der Waals surface area contributed by atoms with Crippen molar-refractivity contribution in [3.8, 4) is 5.75 Å². The highest BCUT2D eigenvalue weighted by atomic mass is 35.5. The van der Waals surface area contributed by atoms with Crippen molar-refractivity contribution in [1.82, 2.24) is 9.97 Å². The summed E-state index contributed by atoms with van der Waals surface area (Å²) in [6, 6.07) is 19.1. The summed E-state index contributed by atoms with van der Waals surface area (Å²) < 4.78 is 61.1. The van der Waals surface area contributed by atoms with Crippen LogP contribution in [-0.2, 0) is 24.8 Å². The Hall–Kier alpha value is -4.20. The second-order valence-corrected chi connectivity index (χ2v) is 12.7. The number of sulfonamides is 2. The molecule has 0 fully saturated rings. The number of rotatable bonds is 10. The number of carbonyl (C=O) groups is 1. The van der Waals surface area contributed by atoms with Gasteiger partial charge in [-0.15, -0.1) is 0 Å². The summed E-state index contributed by atoms with van der Waals surface area (Å²) in [7, 11) is -6.74. The van der Waals surface area contributed by atoms with E-state index in [2.05, 4.69) is 20.0 Å². The smallest absolute Gasteiger partial charge is 0.264 e. The van der Waals surface area contributed by atoms with Gasteiger partial charge in [-0.25, -0.2) is 31.5 Å². The Morgan fingerprint density at radius 1 is 0.878 bits per heavy atom. The van der Waals surface area contributed by atoms with Gasteiger partial charge in [0.2, 0.25) is 11.9 Å². The first kappa shape index (κ1) is 29.8. The maximum atomic E-state index is 13.5. The summed E-state index contributed by atoms with van der Waals surface area (Å²) in [6.07, 6.45) is 0. The zero-order valence-corrected chi connectivity index (χ0v) is 24.6. The van der Waals surface area contributed by atoms with E-state index in [-0.39, 0.29) is 32.1 Å². The molecule has 14 heteroatoms. The number of aromatic nitrogens is 2. The number of hydrogen-bond donors (Lipinski definition) is 2. The lowest BCUT2D eigenvalue weighted by molar-refractivity contribution is -0.114. The first-order valence-corrected chi connectivity index (χ1v) is 15.4.